The molecule has 1 aliphatic heterocycles. The fraction of sp³-hybridized carbons (Fsp3) is 0.270. The predicted molar refractivity (Wildman–Crippen MR) is 192 cm³/mol. The summed E-state index contributed by atoms with van der Waals surface area (Å²) >= 11 is 3.80. The SMILES string of the molecule is Cc1ccccc1C1=C/C(=C/C=C/C=C/c2cc(-c3ccccc3C)[s+]c(C(C)(C)C)c2)C=C(C(C)(C)C)S1.F[P-](F)(F)(F)(F)F. The standard InChI is InChI=1S/C37H41S2.F6P/c1-26-16-12-14-20-30(26)32-22-28(24-34(38-32)36(3,4)5)18-10-9-11-19-29-23-33(31-21-15-13-17-27(31)2)39-35(25-29)37(6,7)8;1-7(2,3,4,5)6/h9-25H,1-8H3;/q+1;-1. The zero-order valence-electron chi connectivity index (χ0n) is 27.3. The Bertz CT molecular complexity index is 1720. The monoisotopic (exact) mass is 694 g/mol. The number of hydrogen-bond donors (Lipinski definition) is 0. The molecule has 0 nitrogen and oxygen atoms in total. The molecular formula is C37H41F6PS2. The number of allylic oxidation sites excluding steroid dienone is 8. The van der Waals surface area contributed by atoms with Crippen LogP contribution in [0.2, 0.25) is 0 Å². The molecule has 0 radical (unpaired) electrons. The van der Waals surface area contributed by atoms with Crippen molar-refractivity contribution < 1.29 is 25.2 Å². The quantitative estimate of drug-likeness (QED) is 0.111. The molecular weight excluding hydrogens is 654 g/mol. The number of thioether (sulfide) groups is 1. The van der Waals surface area contributed by atoms with Crippen LogP contribution in [0, 0.1) is 19.3 Å². The number of benzene rings is 2. The molecule has 2 heterocycles. The van der Waals surface area contributed by atoms with Gasteiger partial charge in [0.05, 0.1) is 0 Å². The molecule has 0 saturated heterocycles. The Morgan fingerprint density at radius 2 is 1.22 bits per heavy atom. The van der Waals surface area contributed by atoms with Gasteiger partial charge in [-0.05, 0) is 70.2 Å². The molecule has 0 unspecified atom stereocenters. The molecule has 0 aliphatic carbocycles. The van der Waals surface area contributed by atoms with E-state index in [2.05, 4.69) is 159 Å². The van der Waals surface area contributed by atoms with Crippen molar-refractivity contribution in [3.63, 3.8) is 0 Å². The van der Waals surface area contributed by atoms with Gasteiger partial charge in [-0.1, -0.05) is 126 Å². The minimum absolute atomic E-state index is 0.101. The molecule has 0 fully saturated rings. The van der Waals surface area contributed by atoms with Gasteiger partial charge in [0.15, 0.2) is 0 Å². The summed E-state index contributed by atoms with van der Waals surface area (Å²) in [5.41, 5.74) is 7.93. The molecule has 3 aromatic rings. The third-order valence-corrected chi connectivity index (χ3v) is 9.75. The van der Waals surface area contributed by atoms with Crippen molar-refractivity contribution >= 4 is 41.9 Å². The van der Waals surface area contributed by atoms with Gasteiger partial charge >= 0.3 is 33.0 Å². The van der Waals surface area contributed by atoms with Crippen LogP contribution in [0.15, 0.2) is 108 Å². The van der Waals surface area contributed by atoms with Gasteiger partial charge in [0, 0.05) is 28.0 Å². The van der Waals surface area contributed by atoms with Crippen LogP contribution in [-0.4, -0.2) is 0 Å². The molecule has 9 heteroatoms. The number of aryl methyl sites for hydroxylation is 2. The molecule has 2 aromatic carbocycles. The maximum atomic E-state index is 9.87. The molecule has 1 aliphatic rings. The number of hydrogen-bond acceptors (Lipinski definition) is 1. The normalized spacial score (nSPS) is 16.9. The Morgan fingerprint density at radius 1 is 0.674 bits per heavy atom. The molecule has 0 spiro atoms. The van der Waals surface area contributed by atoms with E-state index in [1.807, 2.05) is 23.1 Å². The Labute approximate surface area is 277 Å². The summed E-state index contributed by atoms with van der Waals surface area (Å²) in [6, 6.07) is 22.0. The average Bonchev–Trinajstić information content (AvgIpc) is 2.90. The van der Waals surface area contributed by atoms with Gasteiger partial charge in [-0.25, -0.2) is 0 Å². The van der Waals surface area contributed by atoms with E-state index < -0.39 is 7.81 Å². The first-order chi connectivity index (χ1) is 20.9. The van der Waals surface area contributed by atoms with Crippen molar-refractivity contribution in [3.8, 4) is 10.4 Å². The topological polar surface area (TPSA) is 0 Å². The summed E-state index contributed by atoms with van der Waals surface area (Å²) in [5, 5.41) is 0. The van der Waals surface area contributed by atoms with E-state index in [-0.39, 0.29) is 10.8 Å². The Hall–Kier alpha value is -2.93. The van der Waals surface area contributed by atoms with Crippen LogP contribution in [-0.2, 0) is 5.41 Å². The molecule has 1 aromatic heterocycles. The summed E-state index contributed by atoms with van der Waals surface area (Å²) in [6.45, 7) is 18.1. The average molecular weight is 695 g/mol. The maximum absolute atomic E-state index is 10.7. The first kappa shape index (κ1) is 37.5. The van der Waals surface area contributed by atoms with Crippen LogP contribution in [0.25, 0.3) is 21.4 Å². The third kappa shape index (κ3) is 13.1. The summed E-state index contributed by atoms with van der Waals surface area (Å²) in [4.78, 5) is 5.42. The van der Waals surface area contributed by atoms with Crippen molar-refractivity contribution in [2.45, 2.75) is 60.8 Å². The second kappa shape index (κ2) is 13.3. The first-order valence-electron chi connectivity index (χ1n) is 14.7. The second-order valence-corrected chi connectivity index (χ2v) is 17.3. The molecule has 0 atom stereocenters. The van der Waals surface area contributed by atoms with Gasteiger partial charge < -0.3 is 0 Å². The van der Waals surface area contributed by atoms with E-state index in [0.29, 0.717) is 0 Å². The Morgan fingerprint density at radius 3 is 1.74 bits per heavy atom. The van der Waals surface area contributed by atoms with Crippen molar-refractivity contribution in [3.05, 3.63) is 135 Å². The third-order valence-electron chi connectivity index (χ3n) is 6.73. The first-order valence-corrected chi connectivity index (χ1v) is 18.4. The summed E-state index contributed by atoms with van der Waals surface area (Å²) in [6.07, 6.45) is 15.6. The van der Waals surface area contributed by atoms with Gasteiger partial charge in [0.2, 0.25) is 21.1 Å². The predicted octanol–water partition coefficient (Wildman–Crippen LogP) is 15.2. The van der Waals surface area contributed by atoms with E-state index in [0.717, 1.165) is 0 Å². The summed E-state index contributed by atoms with van der Waals surface area (Å²) < 4.78 is 59.2. The van der Waals surface area contributed by atoms with Gasteiger partial charge in [-0.3, -0.25) is 0 Å². The van der Waals surface area contributed by atoms with E-state index in [1.165, 1.54) is 53.0 Å². The van der Waals surface area contributed by atoms with E-state index in [4.69, 9.17) is 0 Å². The van der Waals surface area contributed by atoms with Crippen molar-refractivity contribution in [2.24, 2.45) is 5.41 Å². The van der Waals surface area contributed by atoms with Crippen LogP contribution in [0.5, 0.6) is 0 Å². The van der Waals surface area contributed by atoms with Crippen LogP contribution in [0.4, 0.5) is 25.2 Å². The Kier molecular flexibility index (Phi) is 10.8. The van der Waals surface area contributed by atoms with Gasteiger partial charge in [0.25, 0.3) is 0 Å². The zero-order chi connectivity index (χ0) is 34.6. The van der Waals surface area contributed by atoms with Crippen molar-refractivity contribution in [1.82, 2.24) is 0 Å². The molecule has 0 amide bonds. The number of halogens is 6. The summed E-state index contributed by atoms with van der Waals surface area (Å²) in [7, 11) is -10.7. The molecule has 248 valence electrons. The molecule has 0 N–H and O–H groups in total. The van der Waals surface area contributed by atoms with Gasteiger partial charge in [-0.15, -0.1) is 0 Å². The number of rotatable bonds is 5. The van der Waals surface area contributed by atoms with Crippen LogP contribution >= 0.6 is 30.9 Å². The minimum atomic E-state index is -10.7. The fourth-order valence-corrected chi connectivity index (χ4v) is 6.88. The van der Waals surface area contributed by atoms with E-state index >= 15 is 0 Å². The molecule has 0 saturated carbocycles. The van der Waals surface area contributed by atoms with E-state index in [1.54, 1.807) is 0 Å². The van der Waals surface area contributed by atoms with Crippen LogP contribution < -0.4 is 0 Å². The van der Waals surface area contributed by atoms with Crippen LogP contribution in [0.3, 0.4) is 0 Å². The van der Waals surface area contributed by atoms with Crippen LogP contribution in [0.1, 0.15) is 68.7 Å². The van der Waals surface area contributed by atoms with Crippen molar-refractivity contribution in [2.75, 3.05) is 0 Å². The Balaban J connectivity index is 0.000000738. The van der Waals surface area contributed by atoms with Gasteiger partial charge in [-0.2, -0.15) is 0 Å². The summed E-state index contributed by atoms with van der Waals surface area (Å²) in [5.74, 6) is 0. The molecule has 46 heavy (non-hydrogen) atoms. The molecule has 4 rings (SSSR count). The van der Waals surface area contributed by atoms with Gasteiger partial charge in [0.1, 0.15) is 0 Å². The zero-order valence-corrected chi connectivity index (χ0v) is 29.9. The molecule has 0 bridgehead atoms. The second-order valence-electron chi connectivity index (χ2n) is 13.2. The van der Waals surface area contributed by atoms with Crippen molar-refractivity contribution in [1.29, 1.82) is 0 Å². The van der Waals surface area contributed by atoms with E-state index in [9.17, 15) is 25.2 Å². The fourth-order valence-electron chi connectivity index (χ4n) is 4.34.